The maximum absolute atomic E-state index is 12.3. The van der Waals surface area contributed by atoms with E-state index in [9.17, 15) is 8.42 Å². The molecule has 1 unspecified atom stereocenters. The van der Waals surface area contributed by atoms with E-state index in [2.05, 4.69) is 49.5 Å². The van der Waals surface area contributed by atoms with Crippen LogP contribution in [-0.2, 0) is 16.6 Å². The van der Waals surface area contributed by atoms with Crippen molar-refractivity contribution >= 4 is 16.0 Å². The molecule has 1 aliphatic heterocycles. The molecule has 1 fully saturated rings. The molecule has 3 rings (SSSR count). The third-order valence-corrected chi connectivity index (χ3v) is 6.63. The summed E-state index contributed by atoms with van der Waals surface area (Å²) in [7, 11) is -3.55. The van der Waals surface area contributed by atoms with Gasteiger partial charge in [-0.3, -0.25) is 14.9 Å². The lowest BCUT2D eigenvalue weighted by Gasteiger charge is -2.23. The molecular weight excluding hydrogens is 412 g/mol. The molecule has 9 heteroatoms. The van der Waals surface area contributed by atoms with Gasteiger partial charge >= 0.3 is 0 Å². The minimum atomic E-state index is -3.55. The molecular formula is C22H32N6O2S. The molecule has 8 nitrogen and oxygen atoms in total. The zero-order valence-corrected chi connectivity index (χ0v) is 18.8. The maximum Gasteiger partial charge on any atom is 0.242 e. The zero-order chi connectivity index (χ0) is 21.9. The number of aromatic nitrogens is 1. The molecule has 0 bridgehead atoms. The van der Waals surface area contributed by atoms with Gasteiger partial charge in [-0.2, -0.15) is 0 Å². The van der Waals surface area contributed by atoms with Crippen molar-refractivity contribution < 1.29 is 8.42 Å². The Labute approximate surface area is 185 Å². The third-order valence-electron chi connectivity index (χ3n) is 5.19. The number of aliphatic imine (C=N–C) groups is 1. The van der Waals surface area contributed by atoms with Gasteiger partial charge in [0.15, 0.2) is 5.96 Å². The Morgan fingerprint density at radius 2 is 2.00 bits per heavy atom. The summed E-state index contributed by atoms with van der Waals surface area (Å²) in [5.41, 5.74) is 1.32. The quantitative estimate of drug-likeness (QED) is 0.292. The first kappa shape index (κ1) is 23.2. The summed E-state index contributed by atoms with van der Waals surface area (Å²) in [4.78, 5) is 11.3. The van der Waals surface area contributed by atoms with Crippen molar-refractivity contribution in [3.8, 4) is 0 Å². The lowest BCUT2D eigenvalue weighted by Crippen LogP contribution is -2.42. The van der Waals surface area contributed by atoms with Gasteiger partial charge in [0.1, 0.15) is 4.90 Å². The van der Waals surface area contributed by atoms with Crippen LogP contribution in [0.5, 0.6) is 0 Å². The number of pyridine rings is 1. The van der Waals surface area contributed by atoms with E-state index in [-0.39, 0.29) is 11.4 Å². The highest BCUT2D eigenvalue weighted by atomic mass is 32.2. The molecule has 0 radical (unpaired) electrons. The fraction of sp³-hybridized carbons (Fsp3) is 0.455. The number of rotatable bonds is 10. The molecule has 2 aromatic rings. The van der Waals surface area contributed by atoms with Crippen LogP contribution >= 0.6 is 0 Å². The summed E-state index contributed by atoms with van der Waals surface area (Å²) in [6.45, 7) is 6.19. The Balaban J connectivity index is 1.48. The number of benzene rings is 1. The summed E-state index contributed by atoms with van der Waals surface area (Å²) in [6, 6.07) is 14.1. The maximum atomic E-state index is 12.3. The number of nitrogens with one attached hydrogen (secondary N) is 3. The molecule has 2 heterocycles. The van der Waals surface area contributed by atoms with Crippen LogP contribution in [0.2, 0.25) is 0 Å². The van der Waals surface area contributed by atoms with Crippen molar-refractivity contribution in [2.45, 2.75) is 37.2 Å². The van der Waals surface area contributed by atoms with Crippen LogP contribution in [0.1, 0.15) is 25.3 Å². The van der Waals surface area contributed by atoms with E-state index in [4.69, 9.17) is 4.99 Å². The first-order valence-corrected chi connectivity index (χ1v) is 12.3. The Bertz CT molecular complexity index is 922. The van der Waals surface area contributed by atoms with E-state index in [1.165, 1.54) is 24.2 Å². The van der Waals surface area contributed by atoms with Crippen LogP contribution in [0.3, 0.4) is 0 Å². The van der Waals surface area contributed by atoms with E-state index in [0.29, 0.717) is 25.1 Å². The fourth-order valence-electron chi connectivity index (χ4n) is 3.62. The van der Waals surface area contributed by atoms with Crippen LogP contribution in [0.15, 0.2) is 64.7 Å². The van der Waals surface area contributed by atoms with Crippen molar-refractivity contribution in [3.63, 3.8) is 0 Å². The van der Waals surface area contributed by atoms with Crippen LogP contribution in [0, 0.1) is 0 Å². The summed E-state index contributed by atoms with van der Waals surface area (Å²) < 4.78 is 27.1. The first-order valence-electron chi connectivity index (χ1n) is 10.8. The van der Waals surface area contributed by atoms with Gasteiger partial charge in [-0.1, -0.05) is 30.3 Å². The summed E-state index contributed by atoms with van der Waals surface area (Å²) in [6.07, 6.45) is 5.21. The standard InChI is InChI=1S/C22H32N6O2S/c1-2-24-22(25-13-14-27-31(29,30)21-11-6-12-23-17-21)26-16-20-10-7-15-28(20)18-19-8-4-3-5-9-19/h3-6,8-9,11-12,17,20,27H,2,7,10,13-16,18H2,1H3,(H2,24,25,26). The van der Waals surface area contributed by atoms with Crippen molar-refractivity contribution in [1.29, 1.82) is 0 Å². The molecule has 168 valence electrons. The van der Waals surface area contributed by atoms with E-state index in [1.807, 2.05) is 13.0 Å². The molecule has 1 saturated heterocycles. The number of hydrogen-bond donors (Lipinski definition) is 3. The topological polar surface area (TPSA) is 98.7 Å². The van der Waals surface area contributed by atoms with Crippen LogP contribution < -0.4 is 15.4 Å². The SMILES string of the molecule is CCNC(=NCC1CCCN1Cc1ccccc1)NCCNS(=O)(=O)c1cccnc1. The van der Waals surface area contributed by atoms with E-state index >= 15 is 0 Å². The predicted octanol–water partition coefficient (Wildman–Crippen LogP) is 1.58. The Hall–Kier alpha value is -2.49. The average Bonchev–Trinajstić information content (AvgIpc) is 3.23. The molecule has 0 saturated carbocycles. The number of likely N-dealkylation sites (tertiary alicyclic amines) is 1. The third kappa shape index (κ3) is 7.30. The van der Waals surface area contributed by atoms with Gasteiger partial charge in [-0.25, -0.2) is 13.1 Å². The van der Waals surface area contributed by atoms with E-state index < -0.39 is 10.0 Å². The largest absolute Gasteiger partial charge is 0.357 e. The van der Waals surface area contributed by atoms with Crippen LogP contribution in [-0.4, -0.2) is 63.0 Å². The molecule has 0 aliphatic carbocycles. The molecule has 1 atom stereocenters. The second-order valence-electron chi connectivity index (χ2n) is 7.49. The molecule has 0 spiro atoms. The van der Waals surface area contributed by atoms with Gasteiger partial charge in [-0.15, -0.1) is 0 Å². The molecule has 1 aromatic heterocycles. The highest BCUT2D eigenvalue weighted by Crippen LogP contribution is 2.20. The van der Waals surface area contributed by atoms with Gasteiger partial charge in [0.2, 0.25) is 10.0 Å². The molecule has 3 N–H and O–H groups in total. The second kappa shape index (κ2) is 11.8. The number of nitrogens with zero attached hydrogens (tertiary/aromatic N) is 3. The van der Waals surface area contributed by atoms with Gasteiger partial charge in [-0.05, 0) is 44.0 Å². The lowest BCUT2D eigenvalue weighted by molar-refractivity contribution is 0.250. The molecule has 1 aromatic carbocycles. The van der Waals surface area contributed by atoms with Crippen LogP contribution in [0.4, 0.5) is 0 Å². The highest BCUT2D eigenvalue weighted by Gasteiger charge is 2.24. The van der Waals surface area contributed by atoms with Crippen molar-refractivity contribution in [1.82, 2.24) is 25.2 Å². The van der Waals surface area contributed by atoms with E-state index in [1.54, 1.807) is 12.3 Å². The van der Waals surface area contributed by atoms with Crippen molar-refractivity contribution in [2.75, 3.05) is 32.7 Å². The van der Waals surface area contributed by atoms with Crippen molar-refractivity contribution in [3.05, 3.63) is 60.4 Å². The predicted molar refractivity (Wildman–Crippen MR) is 123 cm³/mol. The summed E-state index contributed by atoms with van der Waals surface area (Å²) >= 11 is 0. The number of hydrogen-bond acceptors (Lipinski definition) is 5. The van der Waals surface area contributed by atoms with E-state index in [0.717, 1.165) is 26.1 Å². The fourth-order valence-corrected chi connectivity index (χ4v) is 4.62. The molecule has 31 heavy (non-hydrogen) atoms. The van der Waals surface area contributed by atoms with Gasteiger partial charge in [0, 0.05) is 44.6 Å². The lowest BCUT2D eigenvalue weighted by atomic mass is 10.2. The van der Waals surface area contributed by atoms with Crippen molar-refractivity contribution in [2.24, 2.45) is 4.99 Å². The molecule has 1 aliphatic rings. The minimum absolute atomic E-state index is 0.162. The summed E-state index contributed by atoms with van der Waals surface area (Å²) in [5, 5.41) is 6.44. The highest BCUT2D eigenvalue weighted by molar-refractivity contribution is 7.89. The second-order valence-corrected chi connectivity index (χ2v) is 9.25. The van der Waals surface area contributed by atoms with Gasteiger partial charge in [0.05, 0.1) is 6.54 Å². The van der Waals surface area contributed by atoms with Crippen LogP contribution in [0.25, 0.3) is 0 Å². The number of guanidine groups is 1. The zero-order valence-electron chi connectivity index (χ0n) is 18.0. The molecule has 0 amide bonds. The average molecular weight is 445 g/mol. The smallest absolute Gasteiger partial charge is 0.242 e. The summed E-state index contributed by atoms with van der Waals surface area (Å²) in [5.74, 6) is 0.703. The Morgan fingerprint density at radius 1 is 1.16 bits per heavy atom. The van der Waals surface area contributed by atoms with Gasteiger partial charge < -0.3 is 10.6 Å². The van der Waals surface area contributed by atoms with Gasteiger partial charge in [0.25, 0.3) is 0 Å². The number of sulfonamides is 1. The Kier molecular flexibility index (Phi) is 8.81. The normalized spacial score (nSPS) is 17.6. The monoisotopic (exact) mass is 444 g/mol. The Morgan fingerprint density at radius 3 is 2.74 bits per heavy atom. The first-order chi connectivity index (χ1) is 15.1. The minimum Gasteiger partial charge on any atom is -0.357 e.